The molecule has 0 aliphatic rings. The molecule has 0 aromatic heterocycles. The lowest BCUT2D eigenvalue weighted by Gasteiger charge is -2.07. The summed E-state index contributed by atoms with van der Waals surface area (Å²) in [6.07, 6.45) is 0. The summed E-state index contributed by atoms with van der Waals surface area (Å²) < 4.78 is 25.7. The third-order valence-corrected chi connectivity index (χ3v) is 4.55. The molecule has 1 aromatic rings. The highest BCUT2D eigenvalue weighted by Crippen LogP contribution is 2.28. The predicted molar refractivity (Wildman–Crippen MR) is 60.1 cm³/mol. The van der Waals surface area contributed by atoms with E-state index in [1.165, 1.54) is 13.1 Å². The molecule has 1 aromatic carbocycles. The van der Waals surface area contributed by atoms with Crippen LogP contribution >= 0.6 is 27.5 Å². The topological polar surface area (TPSA) is 46.2 Å². The second-order valence-corrected chi connectivity index (χ2v) is 5.86. The van der Waals surface area contributed by atoms with Crippen LogP contribution in [0.15, 0.2) is 21.5 Å². The van der Waals surface area contributed by atoms with Gasteiger partial charge in [-0.15, -0.1) is 0 Å². The molecular weight excluding hydrogens is 290 g/mol. The van der Waals surface area contributed by atoms with Gasteiger partial charge >= 0.3 is 0 Å². The minimum absolute atomic E-state index is 0.149. The Morgan fingerprint density at radius 3 is 2.50 bits per heavy atom. The predicted octanol–water partition coefficient (Wildman–Crippen LogP) is 2.32. The van der Waals surface area contributed by atoms with E-state index < -0.39 is 10.0 Å². The van der Waals surface area contributed by atoms with Crippen LogP contribution in [0.4, 0.5) is 0 Å². The highest BCUT2D eigenvalue weighted by molar-refractivity contribution is 9.10. The van der Waals surface area contributed by atoms with Gasteiger partial charge in [-0.1, -0.05) is 11.6 Å². The summed E-state index contributed by atoms with van der Waals surface area (Å²) >= 11 is 9.02. The van der Waals surface area contributed by atoms with Crippen LogP contribution in [-0.2, 0) is 10.0 Å². The molecule has 1 N–H and O–H groups in total. The van der Waals surface area contributed by atoms with Crippen LogP contribution in [0.5, 0.6) is 0 Å². The van der Waals surface area contributed by atoms with Crippen molar-refractivity contribution in [3.05, 3.63) is 27.2 Å². The van der Waals surface area contributed by atoms with E-state index in [1.54, 1.807) is 6.07 Å². The van der Waals surface area contributed by atoms with E-state index in [-0.39, 0.29) is 4.90 Å². The van der Waals surface area contributed by atoms with E-state index in [1.807, 2.05) is 6.92 Å². The molecule has 0 atom stereocenters. The molecular formula is C8H9BrClNO2S. The van der Waals surface area contributed by atoms with Gasteiger partial charge in [0.15, 0.2) is 0 Å². The molecule has 0 amide bonds. The first-order valence-corrected chi connectivity index (χ1v) is 6.43. The summed E-state index contributed by atoms with van der Waals surface area (Å²) in [5.74, 6) is 0. The molecule has 0 radical (unpaired) electrons. The van der Waals surface area contributed by atoms with E-state index in [0.717, 1.165) is 5.56 Å². The van der Waals surface area contributed by atoms with Crippen molar-refractivity contribution < 1.29 is 8.42 Å². The molecule has 0 heterocycles. The van der Waals surface area contributed by atoms with Crippen molar-refractivity contribution in [3.63, 3.8) is 0 Å². The molecule has 6 heteroatoms. The normalized spacial score (nSPS) is 11.7. The maximum atomic E-state index is 11.5. The average molecular weight is 299 g/mol. The lowest BCUT2D eigenvalue weighted by molar-refractivity contribution is 0.588. The lowest BCUT2D eigenvalue weighted by atomic mass is 10.2. The van der Waals surface area contributed by atoms with Crippen molar-refractivity contribution in [2.24, 2.45) is 0 Å². The molecule has 0 aliphatic carbocycles. The van der Waals surface area contributed by atoms with Crippen LogP contribution < -0.4 is 4.72 Å². The molecule has 0 saturated heterocycles. The fourth-order valence-electron chi connectivity index (χ4n) is 0.944. The number of rotatable bonds is 2. The Labute approximate surface area is 96.6 Å². The molecule has 0 aliphatic heterocycles. The van der Waals surface area contributed by atoms with E-state index in [4.69, 9.17) is 11.6 Å². The zero-order valence-corrected chi connectivity index (χ0v) is 10.8. The third kappa shape index (κ3) is 2.28. The van der Waals surface area contributed by atoms with E-state index >= 15 is 0 Å². The van der Waals surface area contributed by atoms with Gasteiger partial charge in [-0.25, -0.2) is 13.1 Å². The first kappa shape index (κ1) is 12.0. The van der Waals surface area contributed by atoms with E-state index in [9.17, 15) is 8.42 Å². The Bertz CT molecular complexity index is 459. The maximum absolute atomic E-state index is 11.5. The summed E-state index contributed by atoms with van der Waals surface area (Å²) in [5.41, 5.74) is 0.827. The monoisotopic (exact) mass is 297 g/mol. The van der Waals surface area contributed by atoms with Crippen molar-refractivity contribution >= 4 is 37.6 Å². The zero-order valence-electron chi connectivity index (χ0n) is 7.64. The number of sulfonamides is 1. The minimum Gasteiger partial charge on any atom is -0.214 e. The average Bonchev–Trinajstić information content (AvgIpc) is 2.11. The van der Waals surface area contributed by atoms with Crippen molar-refractivity contribution in [3.8, 4) is 0 Å². The Balaban J connectivity index is 3.45. The van der Waals surface area contributed by atoms with Crippen molar-refractivity contribution in [2.75, 3.05) is 7.05 Å². The lowest BCUT2D eigenvalue weighted by Crippen LogP contribution is -2.19. The van der Waals surface area contributed by atoms with E-state index in [2.05, 4.69) is 20.7 Å². The van der Waals surface area contributed by atoms with Gasteiger partial charge in [-0.3, -0.25) is 0 Å². The van der Waals surface area contributed by atoms with Gasteiger partial charge in [0.2, 0.25) is 10.0 Å². The highest BCUT2D eigenvalue weighted by atomic mass is 79.9. The van der Waals surface area contributed by atoms with Crippen LogP contribution in [-0.4, -0.2) is 15.5 Å². The Morgan fingerprint density at radius 1 is 1.43 bits per heavy atom. The standard InChI is InChI=1S/C8H9BrClNO2S/c1-5-3-6(9)8(4-7(5)10)14(12,13)11-2/h3-4,11H,1-2H3. The summed E-state index contributed by atoms with van der Waals surface area (Å²) in [6.45, 7) is 1.81. The van der Waals surface area contributed by atoms with E-state index in [0.29, 0.717) is 9.50 Å². The fourth-order valence-corrected chi connectivity index (χ4v) is 3.08. The highest BCUT2D eigenvalue weighted by Gasteiger charge is 2.16. The van der Waals surface area contributed by atoms with Gasteiger partial charge < -0.3 is 0 Å². The number of hydrogen-bond donors (Lipinski definition) is 1. The molecule has 78 valence electrons. The largest absolute Gasteiger partial charge is 0.241 e. The minimum atomic E-state index is -3.45. The number of hydrogen-bond acceptors (Lipinski definition) is 2. The fraction of sp³-hybridized carbons (Fsp3) is 0.250. The van der Waals surface area contributed by atoms with Crippen LogP contribution in [0.3, 0.4) is 0 Å². The van der Waals surface area contributed by atoms with Crippen LogP contribution in [0.1, 0.15) is 5.56 Å². The second-order valence-electron chi connectivity index (χ2n) is 2.74. The van der Waals surface area contributed by atoms with Crippen LogP contribution in [0.25, 0.3) is 0 Å². The zero-order chi connectivity index (χ0) is 10.9. The van der Waals surface area contributed by atoms with Crippen molar-refractivity contribution in [2.45, 2.75) is 11.8 Å². The number of halogens is 2. The summed E-state index contributed by atoms with van der Waals surface area (Å²) in [4.78, 5) is 0.149. The van der Waals surface area contributed by atoms with Gasteiger partial charge in [-0.2, -0.15) is 0 Å². The van der Waals surface area contributed by atoms with Crippen molar-refractivity contribution in [1.82, 2.24) is 4.72 Å². The van der Waals surface area contributed by atoms with Gasteiger partial charge in [0, 0.05) is 9.50 Å². The second kappa shape index (κ2) is 4.18. The van der Waals surface area contributed by atoms with Crippen LogP contribution in [0.2, 0.25) is 5.02 Å². The Kier molecular flexibility index (Phi) is 3.58. The molecule has 14 heavy (non-hydrogen) atoms. The third-order valence-electron chi connectivity index (χ3n) is 1.77. The molecule has 0 saturated carbocycles. The summed E-state index contributed by atoms with van der Waals surface area (Å²) in [6, 6.07) is 3.10. The summed E-state index contributed by atoms with van der Waals surface area (Å²) in [5, 5.41) is 0.432. The number of benzene rings is 1. The van der Waals surface area contributed by atoms with Gasteiger partial charge in [0.1, 0.15) is 0 Å². The van der Waals surface area contributed by atoms with Gasteiger partial charge in [-0.05, 0) is 47.6 Å². The summed E-state index contributed by atoms with van der Waals surface area (Å²) in [7, 11) is -2.09. The Hall–Kier alpha value is -0.100. The maximum Gasteiger partial charge on any atom is 0.241 e. The smallest absolute Gasteiger partial charge is 0.214 e. The number of aryl methyl sites for hydroxylation is 1. The molecule has 0 spiro atoms. The number of nitrogens with one attached hydrogen (secondary N) is 1. The first-order valence-electron chi connectivity index (χ1n) is 3.77. The molecule has 0 fully saturated rings. The van der Waals surface area contributed by atoms with Gasteiger partial charge in [0.25, 0.3) is 0 Å². The molecule has 3 nitrogen and oxygen atoms in total. The quantitative estimate of drug-likeness (QED) is 0.911. The first-order chi connectivity index (χ1) is 6.38. The van der Waals surface area contributed by atoms with Gasteiger partial charge in [0.05, 0.1) is 4.90 Å². The molecule has 0 unspecified atom stereocenters. The Morgan fingerprint density at radius 2 is 2.00 bits per heavy atom. The molecule has 1 rings (SSSR count). The molecule has 0 bridgehead atoms. The van der Waals surface area contributed by atoms with Crippen molar-refractivity contribution in [1.29, 1.82) is 0 Å². The van der Waals surface area contributed by atoms with Crippen LogP contribution in [0, 0.1) is 6.92 Å². The SMILES string of the molecule is CNS(=O)(=O)c1cc(Cl)c(C)cc1Br.